The highest BCUT2D eigenvalue weighted by atomic mass is 79.9. The van der Waals surface area contributed by atoms with Gasteiger partial charge in [0.15, 0.2) is 11.5 Å². The normalized spacial score (nSPS) is 13.5. The van der Waals surface area contributed by atoms with Crippen molar-refractivity contribution < 1.29 is 27.4 Å². The van der Waals surface area contributed by atoms with E-state index in [0.29, 0.717) is 45.4 Å². The second-order valence-corrected chi connectivity index (χ2v) is 6.33. The number of halogens is 4. The van der Waals surface area contributed by atoms with Gasteiger partial charge in [0, 0.05) is 4.47 Å². The van der Waals surface area contributed by atoms with E-state index in [2.05, 4.69) is 15.9 Å². The molecule has 1 aromatic carbocycles. The predicted octanol–water partition coefficient (Wildman–Crippen LogP) is 2.55. The molecule has 2 heterocycles. The average molecular weight is 433 g/mol. The van der Waals surface area contributed by atoms with Crippen molar-refractivity contribution in [1.29, 1.82) is 0 Å². The number of amides is 1. The molecular weight excluding hydrogens is 421 g/mol. The van der Waals surface area contributed by atoms with Gasteiger partial charge < -0.3 is 15.2 Å². The molecule has 0 atom stereocenters. The standard InChI is InChI=1S/C16H12BrF3N2O4/c17-10-6-12-11(25-3-4-26-12)5-8(10)7-22-13(16(18,19)20)2-1-9(14(21)23)15(22)24/h1-2,5-6H,3-4,7H2,(H2,21,23). The van der Waals surface area contributed by atoms with Gasteiger partial charge in [0.25, 0.3) is 11.5 Å². The van der Waals surface area contributed by atoms with E-state index in [1.54, 1.807) is 6.07 Å². The molecule has 0 saturated heterocycles. The van der Waals surface area contributed by atoms with Crippen molar-refractivity contribution in [2.75, 3.05) is 13.2 Å². The smallest absolute Gasteiger partial charge is 0.431 e. The minimum Gasteiger partial charge on any atom is -0.486 e. The zero-order valence-electron chi connectivity index (χ0n) is 13.1. The maximum absolute atomic E-state index is 13.3. The Kier molecular flexibility index (Phi) is 4.70. The second-order valence-electron chi connectivity index (χ2n) is 5.47. The number of nitrogens with two attached hydrogens (primary N) is 1. The second kappa shape index (κ2) is 6.67. The van der Waals surface area contributed by atoms with E-state index >= 15 is 0 Å². The molecule has 0 spiro atoms. The number of rotatable bonds is 3. The molecule has 2 N–H and O–H groups in total. The van der Waals surface area contributed by atoms with Crippen LogP contribution >= 0.6 is 15.9 Å². The van der Waals surface area contributed by atoms with Crippen molar-refractivity contribution in [2.45, 2.75) is 12.7 Å². The van der Waals surface area contributed by atoms with E-state index in [-0.39, 0.29) is 0 Å². The number of nitrogens with zero attached hydrogens (tertiary/aromatic N) is 1. The van der Waals surface area contributed by atoms with Gasteiger partial charge in [-0.05, 0) is 29.8 Å². The van der Waals surface area contributed by atoms with Gasteiger partial charge in [0.1, 0.15) is 24.5 Å². The quantitative estimate of drug-likeness (QED) is 0.807. The third kappa shape index (κ3) is 3.41. The van der Waals surface area contributed by atoms with Crippen molar-refractivity contribution in [1.82, 2.24) is 4.57 Å². The number of pyridine rings is 1. The van der Waals surface area contributed by atoms with Crippen LogP contribution in [0.5, 0.6) is 11.5 Å². The van der Waals surface area contributed by atoms with Crippen molar-refractivity contribution in [3.8, 4) is 11.5 Å². The molecule has 138 valence electrons. The van der Waals surface area contributed by atoms with Gasteiger partial charge in [-0.15, -0.1) is 0 Å². The molecule has 0 bridgehead atoms. The fraction of sp³-hybridized carbons (Fsp3) is 0.250. The lowest BCUT2D eigenvalue weighted by molar-refractivity contribution is -0.144. The molecule has 1 amide bonds. The molecule has 0 fully saturated rings. The molecule has 0 aliphatic carbocycles. The molecule has 0 unspecified atom stereocenters. The Morgan fingerprint density at radius 2 is 1.81 bits per heavy atom. The Labute approximate surface area is 153 Å². The number of ether oxygens (including phenoxy) is 2. The fourth-order valence-electron chi connectivity index (χ4n) is 2.57. The number of primary amides is 1. The van der Waals surface area contributed by atoms with Gasteiger partial charge >= 0.3 is 6.18 Å². The number of benzene rings is 1. The Balaban J connectivity index is 2.13. The van der Waals surface area contributed by atoms with Crippen LogP contribution in [-0.4, -0.2) is 23.7 Å². The largest absolute Gasteiger partial charge is 0.486 e. The highest BCUT2D eigenvalue weighted by molar-refractivity contribution is 9.10. The molecular formula is C16H12BrF3N2O4. The Bertz CT molecular complexity index is 940. The van der Waals surface area contributed by atoms with Gasteiger partial charge in [-0.3, -0.25) is 14.2 Å². The summed E-state index contributed by atoms with van der Waals surface area (Å²) < 4.78 is 51.6. The first kappa shape index (κ1) is 18.3. The minimum absolute atomic E-state index is 0.305. The van der Waals surface area contributed by atoms with Crippen LogP contribution in [0.25, 0.3) is 0 Å². The summed E-state index contributed by atoms with van der Waals surface area (Å²) in [5.41, 5.74) is 2.60. The van der Waals surface area contributed by atoms with Crippen LogP contribution in [0.4, 0.5) is 13.2 Å². The van der Waals surface area contributed by atoms with Gasteiger partial charge in [0.05, 0.1) is 6.54 Å². The van der Waals surface area contributed by atoms with E-state index in [1.807, 2.05) is 0 Å². The summed E-state index contributed by atoms with van der Waals surface area (Å²) in [5.74, 6) is -0.290. The molecule has 26 heavy (non-hydrogen) atoms. The summed E-state index contributed by atoms with van der Waals surface area (Å²) in [4.78, 5) is 23.7. The minimum atomic E-state index is -4.78. The third-order valence-electron chi connectivity index (χ3n) is 3.77. The van der Waals surface area contributed by atoms with Gasteiger partial charge in [-0.2, -0.15) is 13.2 Å². The van der Waals surface area contributed by atoms with E-state index in [1.165, 1.54) is 6.07 Å². The monoisotopic (exact) mass is 432 g/mol. The molecule has 1 aliphatic rings. The third-order valence-corrected chi connectivity index (χ3v) is 4.51. The number of carbonyl (C=O) groups excluding carboxylic acids is 1. The molecule has 6 nitrogen and oxygen atoms in total. The van der Waals surface area contributed by atoms with Crippen molar-refractivity contribution >= 4 is 21.8 Å². The Morgan fingerprint density at radius 1 is 1.19 bits per heavy atom. The lowest BCUT2D eigenvalue weighted by Crippen LogP contribution is -2.34. The molecule has 0 saturated carbocycles. The lowest BCUT2D eigenvalue weighted by Gasteiger charge is -2.21. The molecule has 1 aromatic heterocycles. The topological polar surface area (TPSA) is 83.6 Å². The predicted molar refractivity (Wildman–Crippen MR) is 88.5 cm³/mol. The number of carbonyl (C=O) groups is 1. The zero-order valence-corrected chi connectivity index (χ0v) is 14.7. The van der Waals surface area contributed by atoms with E-state index < -0.39 is 35.4 Å². The van der Waals surface area contributed by atoms with Gasteiger partial charge in [0.2, 0.25) is 0 Å². The number of fused-ring (bicyclic) bond motifs is 1. The van der Waals surface area contributed by atoms with Crippen LogP contribution in [0.15, 0.2) is 33.5 Å². The number of aromatic nitrogens is 1. The Morgan fingerprint density at radius 3 is 2.38 bits per heavy atom. The summed E-state index contributed by atoms with van der Waals surface area (Å²) in [6.07, 6.45) is -4.78. The zero-order chi connectivity index (χ0) is 19.1. The summed E-state index contributed by atoms with van der Waals surface area (Å²) in [6, 6.07) is 4.48. The van der Waals surface area contributed by atoms with E-state index in [4.69, 9.17) is 15.2 Å². The maximum atomic E-state index is 13.3. The average Bonchev–Trinajstić information content (AvgIpc) is 2.55. The van der Waals surface area contributed by atoms with Crippen LogP contribution in [0.1, 0.15) is 21.6 Å². The summed E-state index contributed by atoms with van der Waals surface area (Å²) >= 11 is 3.26. The first-order valence-electron chi connectivity index (χ1n) is 7.37. The number of hydrogen-bond donors (Lipinski definition) is 1. The van der Waals surface area contributed by atoms with Gasteiger partial charge in [-0.1, -0.05) is 15.9 Å². The van der Waals surface area contributed by atoms with E-state index in [0.717, 1.165) is 6.07 Å². The summed E-state index contributed by atoms with van der Waals surface area (Å²) in [7, 11) is 0. The SMILES string of the molecule is NC(=O)c1ccc(C(F)(F)F)n(Cc2cc3c(cc2Br)OCCO3)c1=O. The first-order valence-corrected chi connectivity index (χ1v) is 8.16. The van der Waals surface area contributed by atoms with E-state index in [9.17, 15) is 22.8 Å². The van der Waals surface area contributed by atoms with Crippen LogP contribution in [0.2, 0.25) is 0 Å². The van der Waals surface area contributed by atoms with Crippen LogP contribution < -0.4 is 20.8 Å². The molecule has 1 aliphatic heterocycles. The number of hydrogen-bond acceptors (Lipinski definition) is 4. The Hall–Kier alpha value is -2.49. The van der Waals surface area contributed by atoms with Crippen LogP contribution in [-0.2, 0) is 12.7 Å². The summed E-state index contributed by atoms with van der Waals surface area (Å²) in [5, 5.41) is 0. The highest BCUT2D eigenvalue weighted by Gasteiger charge is 2.35. The lowest BCUT2D eigenvalue weighted by atomic mass is 10.1. The van der Waals surface area contributed by atoms with Crippen molar-refractivity contribution in [2.24, 2.45) is 5.73 Å². The number of alkyl halides is 3. The highest BCUT2D eigenvalue weighted by Crippen LogP contribution is 2.36. The van der Waals surface area contributed by atoms with Crippen molar-refractivity contribution in [3.05, 3.63) is 55.9 Å². The summed E-state index contributed by atoms with van der Waals surface area (Å²) in [6.45, 7) is 0.224. The first-order chi connectivity index (χ1) is 12.2. The van der Waals surface area contributed by atoms with Gasteiger partial charge in [-0.25, -0.2) is 0 Å². The maximum Gasteiger partial charge on any atom is 0.431 e. The molecule has 10 heteroatoms. The van der Waals surface area contributed by atoms with Crippen LogP contribution in [0.3, 0.4) is 0 Å². The fourth-order valence-corrected chi connectivity index (χ4v) is 3.02. The molecule has 2 aromatic rings. The molecule has 3 rings (SSSR count). The van der Waals surface area contributed by atoms with Crippen molar-refractivity contribution in [3.63, 3.8) is 0 Å². The molecule has 0 radical (unpaired) electrons. The van der Waals surface area contributed by atoms with Crippen LogP contribution in [0, 0.1) is 0 Å².